The number of nitro groups is 1. The number of ether oxygens (including phenoxy) is 2. The number of hydrogen-bond donors (Lipinski definition) is 0. The van der Waals surface area contributed by atoms with E-state index in [2.05, 4.69) is 17.3 Å². The van der Waals surface area contributed by atoms with Gasteiger partial charge in [-0.2, -0.15) is 10.1 Å². The minimum absolute atomic E-state index is 0.0465. The van der Waals surface area contributed by atoms with E-state index in [0.29, 0.717) is 11.8 Å². The molecule has 0 unspecified atom stereocenters. The number of nitrogens with zero attached hydrogens (tertiary/aromatic N) is 3. The Morgan fingerprint density at radius 3 is 2.17 bits per heavy atom. The van der Waals surface area contributed by atoms with Crippen molar-refractivity contribution in [2.45, 2.75) is 6.42 Å². The SMILES string of the molecule is COc1cc(OC)c([N+](=O)[O-])cc1/C=N\N1C(=O)[C@@H]2[C@@H]3C=C[C@H]([C@@H]4C[C@H]34)[C@H]2C1=O. The second-order valence-electron chi connectivity index (χ2n) is 7.91. The molecule has 1 saturated heterocycles. The van der Waals surface area contributed by atoms with Crippen molar-refractivity contribution in [1.82, 2.24) is 5.01 Å². The van der Waals surface area contributed by atoms with Crippen molar-refractivity contribution < 1.29 is 24.0 Å². The number of rotatable bonds is 5. The maximum Gasteiger partial charge on any atom is 0.311 e. The molecule has 5 aliphatic rings. The Labute approximate surface area is 166 Å². The molecule has 4 aliphatic carbocycles. The second kappa shape index (κ2) is 6.13. The van der Waals surface area contributed by atoms with Gasteiger partial charge in [-0.1, -0.05) is 12.2 Å². The molecule has 0 N–H and O–H groups in total. The second-order valence-corrected chi connectivity index (χ2v) is 7.91. The lowest BCUT2D eigenvalue weighted by Gasteiger charge is -2.37. The lowest BCUT2D eigenvalue weighted by molar-refractivity contribution is -0.385. The molecule has 3 fully saturated rings. The van der Waals surface area contributed by atoms with Crippen molar-refractivity contribution in [2.24, 2.45) is 40.6 Å². The van der Waals surface area contributed by atoms with Gasteiger partial charge in [0.25, 0.3) is 11.8 Å². The normalized spacial score (nSPS) is 33.8. The van der Waals surface area contributed by atoms with Gasteiger partial charge in [0.1, 0.15) is 5.75 Å². The highest BCUT2D eigenvalue weighted by Gasteiger charge is 2.67. The third-order valence-electron chi connectivity index (χ3n) is 6.68. The quantitative estimate of drug-likeness (QED) is 0.247. The summed E-state index contributed by atoms with van der Waals surface area (Å²) in [6.07, 6.45) is 6.53. The highest BCUT2D eigenvalue weighted by molar-refractivity contribution is 6.06. The molecule has 6 rings (SSSR count). The predicted molar refractivity (Wildman–Crippen MR) is 100 cm³/mol. The average molecular weight is 397 g/mol. The minimum atomic E-state index is -0.577. The molecule has 1 aromatic rings. The molecule has 9 nitrogen and oxygen atoms in total. The molecule has 29 heavy (non-hydrogen) atoms. The third-order valence-corrected chi connectivity index (χ3v) is 6.68. The molecule has 1 aromatic carbocycles. The van der Waals surface area contributed by atoms with Gasteiger partial charge in [0.15, 0.2) is 0 Å². The van der Waals surface area contributed by atoms with Crippen molar-refractivity contribution in [3.63, 3.8) is 0 Å². The van der Waals surface area contributed by atoms with Crippen LogP contribution in [0.15, 0.2) is 29.4 Å². The van der Waals surface area contributed by atoms with E-state index in [1.807, 2.05) is 0 Å². The summed E-state index contributed by atoms with van der Waals surface area (Å²) < 4.78 is 10.3. The molecular weight excluding hydrogens is 378 g/mol. The molecule has 1 heterocycles. The number of methoxy groups -OCH3 is 2. The van der Waals surface area contributed by atoms with Crippen molar-refractivity contribution in [2.75, 3.05) is 14.2 Å². The molecule has 0 spiro atoms. The van der Waals surface area contributed by atoms with E-state index in [-0.39, 0.29) is 58.2 Å². The van der Waals surface area contributed by atoms with Crippen LogP contribution >= 0.6 is 0 Å². The van der Waals surface area contributed by atoms with Crippen LogP contribution in [-0.2, 0) is 9.59 Å². The Kier molecular flexibility index (Phi) is 3.77. The van der Waals surface area contributed by atoms with Crippen LogP contribution in [0.25, 0.3) is 0 Å². The summed E-state index contributed by atoms with van der Waals surface area (Å²) in [4.78, 5) is 36.6. The average Bonchev–Trinajstić information content (AvgIpc) is 3.50. The van der Waals surface area contributed by atoms with E-state index in [1.54, 1.807) is 0 Å². The first-order valence-electron chi connectivity index (χ1n) is 9.46. The molecule has 9 heteroatoms. The fourth-order valence-electron chi connectivity index (χ4n) is 5.32. The summed E-state index contributed by atoms with van der Waals surface area (Å²) in [7, 11) is 2.74. The van der Waals surface area contributed by atoms with E-state index in [1.165, 1.54) is 32.6 Å². The number of imide groups is 1. The van der Waals surface area contributed by atoms with Crippen molar-refractivity contribution in [3.8, 4) is 11.5 Å². The summed E-state index contributed by atoms with van der Waals surface area (Å²) in [5, 5.41) is 16.3. The Hall–Kier alpha value is -3.23. The summed E-state index contributed by atoms with van der Waals surface area (Å²) in [5.41, 5.74) is 0.0178. The Morgan fingerprint density at radius 2 is 1.66 bits per heavy atom. The van der Waals surface area contributed by atoms with Crippen molar-refractivity contribution in [1.29, 1.82) is 0 Å². The monoisotopic (exact) mass is 397 g/mol. The molecule has 0 radical (unpaired) electrons. The molecule has 2 amide bonds. The highest BCUT2D eigenvalue weighted by Crippen LogP contribution is 2.65. The van der Waals surface area contributed by atoms with E-state index < -0.39 is 4.92 Å². The van der Waals surface area contributed by atoms with Crippen LogP contribution in [0.3, 0.4) is 0 Å². The Balaban J connectivity index is 1.47. The zero-order chi connectivity index (χ0) is 20.4. The van der Waals surface area contributed by atoms with Gasteiger partial charge < -0.3 is 9.47 Å². The zero-order valence-corrected chi connectivity index (χ0v) is 15.8. The van der Waals surface area contributed by atoms with Gasteiger partial charge in [0.05, 0.1) is 37.2 Å². The minimum Gasteiger partial charge on any atom is -0.496 e. The number of benzene rings is 1. The summed E-state index contributed by atoms with van der Waals surface area (Å²) in [5.74, 6) is 0.321. The number of amides is 2. The maximum absolute atomic E-state index is 13.0. The third kappa shape index (κ3) is 2.43. The van der Waals surface area contributed by atoms with Gasteiger partial charge in [-0.3, -0.25) is 19.7 Å². The number of carbonyl (C=O) groups is 2. The first-order valence-corrected chi connectivity index (χ1v) is 9.46. The van der Waals surface area contributed by atoms with Crippen LogP contribution in [0.1, 0.15) is 12.0 Å². The predicted octanol–water partition coefficient (Wildman–Crippen LogP) is 2.00. The van der Waals surface area contributed by atoms with Crippen LogP contribution in [0.2, 0.25) is 0 Å². The molecule has 150 valence electrons. The Bertz CT molecular complexity index is 966. The fraction of sp³-hybridized carbons (Fsp3) is 0.450. The van der Waals surface area contributed by atoms with Gasteiger partial charge in [-0.05, 0) is 30.1 Å². The number of hydrogen-bond acceptors (Lipinski definition) is 7. The van der Waals surface area contributed by atoms with Gasteiger partial charge in [-0.25, -0.2) is 0 Å². The number of allylic oxidation sites excluding steroid dienone is 2. The smallest absolute Gasteiger partial charge is 0.311 e. The van der Waals surface area contributed by atoms with Gasteiger partial charge in [0, 0.05) is 17.7 Å². The van der Waals surface area contributed by atoms with Crippen LogP contribution in [0.5, 0.6) is 11.5 Å². The molecule has 1 aliphatic heterocycles. The van der Waals surface area contributed by atoms with E-state index in [4.69, 9.17) is 9.47 Å². The van der Waals surface area contributed by atoms with Gasteiger partial charge in [0.2, 0.25) is 5.75 Å². The van der Waals surface area contributed by atoms with E-state index >= 15 is 0 Å². The number of carbonyl (C=O) groups excluding carboxylic acids is 2. The van der Waals surface area contributed by atoms with Crippen molar-refractivity contribution in [3.05, 3.63) is 40.0 Å². The standard InChI is InChI=1S/C20H19N3O6/c1-28-15-7-16(29-2)14(23(26)27)5-9(15)8-21-22-19(24)17-10-3-4-11(13-6-12(10)13)18(17)20(22)25/h3-5,7-8,10-13,17-18H,6H2,1-2H3/b21-8-/t10-,11-,12-,13+,17-,18-/m1/s1. The zero-order valence-electron chi connectivity index (χ0n) is 15.8. The lowest BCUT2D eigenvalue weighted by atomic mass is 9.63. The van der Waals surface area contributed by atoms with Gasteiger partial charge >= 0.3 is 5.69 Å². The molecular formula is C20H19N3O6. The highest BCUT2D eigenvalue weighted by atomic mass is 16.6. The topological polar surface area (TPSA) is 111 Å². The van der Waals surface area contributed by atoms with E-state index in [9.17, 15) is 19.7 Å². The van der Waals surface area contributed by atoms with E-state index in [0.717, 1.165) is 11.4 Å². The van der Waals surface area contributed by atoms with Crippen LogP contribution in [0, 0.1) is 45.6 Å². The molecule has 6 atom stereocenters. The lowest BCUT2D eigenvalue weighted by Crippen LogP contribution is -2.40. The molecule has 2 bridgehead atoms. The summed E-state index contributed by atoms with van der Waals surface area (Å²) >= 11 is 0. The first-order chi connectivity index (χ1) is 14.0. The molecule has 0 aromatic heterocycles. The van der Waals surface area contributed by atoms with Crippen LogP contribution < -0.4 is 9.47 Å². The van der Waals surface area contributed by atoms with Crippen LogP contribution in [0.4, 0.5) is 5.69 Å². The molecule has 2 saturated carbocycles. The summed E-state index contributed by atoms with van der Waals surface area (Å²) in [6.45, 7) is 0. The number of hydrazone groups is 1. The fourth-order valence-corrected chi connectivity index (χ4v) is 5.32. The largest absolute Gasteiger partial charge is 0.496 e. The number of nitro benzene ring substituents is 1. The summed E-state index contributed by atoms with van der Waals surface area (Å²) in [6, 6.07) is 2.63. The van der Waals surface area contributed by atoms with Crippen LogP contribution in [-0.4, -0.2) is 42.2 Å². The Morgan fingerprint density at radius 1 is 1.07 bits per heavy atom. The van der Waals surface area contributed by atoms with Crippen molar-refractivity contribution >= 4 is 23.7 Å². The first kappa shape index (κ1) is 17.8. The van der Waals surface area contributed by atoms with Gasteiger partial charge in [-0.15, -0.1) is 0 Å². The maximum atomic E-state index is 13.0.